The van der Waals surface area contributed by atoms with Crippen molar-refractivity contribution in [2.75, 3.05) is 0 Å². The number of ether oxygens (including phenoxy) is 2. The zero-order valence-corrected chi connectivity index (χ0v) is 17.5. The summed E-state index contributed by atoms with van der Waals surface area (Å²) in [7, 11) is -0.357. The summed E-state index contributed by atoms with van der Waals surface area (Å²) < 4.78 is 27.2. The summed E-state index contributed by atoms with van der Waals surface area (Å²) in [6.07, 6.45) is 4.63. The SMILES string of the molecule is C=CC1(Oc2cc([S+](c3ccccc3)c3ccccc3)ccc2F)CC2CCC1O2. The van der Waals surface area contributed by atoms with E-state index in [4.69, 9.17) is 9.47 Å². The highest BCUT2D eigenvalue weighted by Gasteiger charge is 2.53. The molecule has 3 aromatic rings. The van der Waals surface area contributed by atoms with E-state index in [0.717, 1.165) is 24.2 Å². The fourth-order valence-corrected chi connectivity index (χ4v) is 6.59. The Morgan fingerprint density at radius 3 is 2.13 bits per heavy atom. The summed E-state index contributed by atoms with van der Waals surface area (Å²) in [4.78, 5) is 3.39. The quantitative estimate of drug-likeness (QED) is 0.351. The fourth-order valence-electron chi connectivity index (χ4n) is 4.48. The predicted octanol–water partition coefficient (Wildman–Crippen LogP) is 6.18. The lowest BCUT2D eigenvalue weighted by Crippen LogP contribution is -2.43. The van der Waals surface area contributed by atoms with Crippen molar-refractivity contribution in [2.24, 2.45) is 0 Å². The monoisotopic (exact) mass is 419 g/mol. The molecule has 5 rings (SSSR count). The van der Waals surface area contributed by atoms with Gasteiger partial charge in [0.2, 0.25) is 0 Å². The van der Waals surface area contributed by atoms with Crippen LogP contribution >= 0.6 is 0 Å². The molecule has 2 nitrogen and oxygen atoms in total. The minimum atomic E-state index is -0.652. The minimum Gasteiger partial charge on any atom is -0.477 e. The number of benzene rings is 3. The Kier molecular flexibility index (Phi) is 5.13. The largest absolute Gasteiger partial charge is 0.477 e. The van der Waals surface area contributed by atoms with Crippen LogP contribution in [-0.2, 0) is 15.6 Å². The molecule has 152 valence electrons. The number of rotatable bonds is 6. The van der Waals surface area contributed by atoms with Gasteiger partial charge < -0.3 is 9.47 Å². The zero-order chi connectivity index (χ0) is 20.6. The summed E-state index contributed by atoms with van der Waals surface area (Å²) in [5.74, 6) is -0.0830. The van der Waals surface area contributed by atoms with Crippen molar-refractivity contribution in [1.29, 1.82) is 0 Å². The van der Waals surface area contributed by atoms with E-state index in [1.54, 1.807) is 6.08 Å². The van der Waals surface area contributed by atoms with Gasteiger partial charge in [-0.1, -0.05) is 43.0 Å². The third kappa shape index (κ3) is 3.44. The molecule has 0 spiro atoms. The molecule has 0 amide bonds. The van der Waals surface area contributed by atoms with E-state index in [9.17, 15) is 4.39 Å². The van der Waals surface area contributed by atoms with Crippen LogP contribution < -0.4 is 4.74 Å². The fraction of sp³-hybridized carbons (Fsp3) is 0.231. The predicted molar refractivity (Wildman–Crippen MR) is 118 cm³/mol. The van der Waals surface area contributed by atoms with Crippen molar-refractivity contribution in [1.82, 2.24) is 0 Å². The Morgan fingerprint density at radius 2 is 1.60 bits per heavy atom. The average molecular weight is 420 g/mol. The highest BCUT2D eigenvalue weighted by Crippen LogP contribution is 2.46. The van der Waals surface area contributed by atoms with Gasteiger partial charge in [0.05, 0.1) is 17.0 Å². The maximum Gasteiger partial charge on any atom is 0.170 e. The molecule has 3 atom stereocenters. The third-order valence-corrected chi connectivity index (χ3v) is 8.15. The molecular weight excluding hydrogens is 395 g/mol. The molecule has 2 bridgehead atoms. The molecule has 0 saturated carbocycles. The second-order valence-corrected chi connectivity index (χ2v) is 9.84. The van der Waals surface area contributed by atoms with Gasteiger partial charge in [0.25, 0.3) is 0 Å². The van der Waals surface area contributed by atoms with Crippen LogP contribution in [0.25, 0.3) is 0 Å². The molecule has 3 aromatic carbocycles. The van der Waals surface area contributed by atoms with Gasteiger partial charge >= 0.3 is 0 Å². The lowest BCUT2D eigenvalue weighted by molar-refractivity contribution is 0.0216. The average Bonchev–Trinajstić information content (AvgIpc) is 3.39. The van der Waals surface area contributed by atoms with Gasteiger partial charge in [-0.15, -0.1) is 0 Å². The topological polar surface area (TPSA) is 18.5 Å². The van der Waals surface area contributed by atoms with Gasteiger partial charge in [0.1, 0.15) is 6.10 Å². The molecule has 0 N–H and O–H groups in total. The summed E-state index contributed by atoms with van der Waals surface area (Å²) >= 11 is 0. The van der Waals surface area contributed by atoms with E-state index in [-0.39, 0.29) is 34.7 Å². The van der Waals surface area contributed by atoms with Crippen LogP contribution in [0.1, 0.15) is 19.3 Å². The normalized spacial score (nSPS) is 24.9. The summed E-state index contributed by atoms with van der Waals surface area (Å²) in [5, 5.41) is 0. The van der Waals surface area contributed by atoms with Crippen molar-refractivity contribution in [3.63, 3.8) is 0 Å². The summed E-state index contributed by atoms with van der Waals surface area (Å²) in [5.41, 5.74) is -0.652. The maximum atomic E-state index is 14.8. The molecule has 2 fully saturated rings. The van der Waals surface area contributed by atoms with E-state index in [1.807, 2.05) is 48.5 Å². The molecule has 3 unspecified atom stereocenters. The molecule has 0 aromatic heterocycles. The molecule has 2 aliphatic heterocycles. The minimum absolute atomic E-state index is 0.0513. The Labute approximate surface area is 179 Å². The van der Waals surface area contributed by atoms with Gasteiger partial charge in [0, 0.05) is 12.5 Å². The maximum absolute atomic E-state index is 14.8. The summed E-state index contributed by atoms with van der Waals surface area (Å²) in [6, 6.07) is 25.9. The zero-order valence-electron chi connectivity index (χ0n) is 16.7. The first-order valence-corrected chi connectivity index (χ1v) is 11.5. The van der Waals surface area contributed by atoms with Crippen LogP contribution in [-0.4, -0.2) is 17.8 Å². The number of hydrogen-bond donors (Lipinski definition) is 0. The molecule has 30 heavy (non-hydrogen) atoms. The Balaban J connectivity index is 1.55. The molecule has 2 aliphatic rings. The third-order valence-electron chi connectivity index (χ3n) is 5.94. The standard InChI is InChI=1S/C26H24FO2S/c1-2-26(18-19-13-16-25(26)28-19)29-24-17-22(14-15-23(24)27)30(20-9-5-3-6-10-20)21-11-7-4-8-12-21/h2-12,14-15,17,19,25H,1,13,16,18H2/q+1. The van der Waals surface area contributed by atoms with Crippen LogP contribution in [0.15, 0.2) is 106 Å². The Morgan fingerprint density at radius 1 is 0.933 bits per heavy atom. The molecule has 0 aliphatic carbocycles. The smallest absolute Gasteiger partial charge is 0.170 e. The lowest BCUT2D eigenvalue weighted by atomic mass is 9.84. The van der Waals surface area contributed by atoms with Crippen molar-refractivity contribution >= 4 is 10.9 Å². The van der Waals surface area contributed by atoms with Crippen molar-refractivity contribution < 1.29 is 13.9 Å². The lowest BCUT2D eigenvalue weighted by Gasteiger charge is -2.33. The molecule has 2 saturated heterocycles. The Hall–Kier alpha value is -2.56. The van der Waals surface area contributed by atoms with Gasteiger partial charge in [-0.25, -0.2) is 4.39 Å². The van der Waals surface area contributed by atoms with Gasteiger partial charge in [-0.05, 0) is 55.3 Å². The van der Waals surface area contributed by atoms with E-state index < -0.39 is 5.60 Å². The van der Waals surface area contributed by atoms with Crippen LogP contribution in [0.4, 0.5) is 4.39 Å². The molecule has 4 heteroatoms. The molecule has 2 heterocycles. The highest BCUT2D eigenvalue weighted by atomic mass is 32.2. The van der Waals surface area contributed by atoms with Crippen LogP contribution in [0.2, 0.25) is 0 Å². The molecular formula is C26H24FO2S+. The first kappa shape index (κ1) is 19.4. The van der Waals surface area contributed by atoms with Crippen LogP contribution in [0.3, 0.4) is 0 Å². The first-order valence-electron chi connectivity index (χ1n) is 10.3. The first-order chi connectivity index (χ1) is 14.7. The van der Waals surface area contributed by atoms with Crippen LogP contribution in [0.5, 0.6) is 5.75 Å². The van der Waals surface area contributed by atoms with E-state index in [1.165, 1.54) is 15.9 Å². The van der Waals surface area contributed by atoms with Crippen molar-refractivity contribution in [3.05, 3.63) is 97.3 Å². The Bertz CT molecular complexity index is 1000. The van der Waals surface area contributed by atoms with Crippen molar-refractivity contribution in [3.8, 4) is 5.75 Å². The molecule has 0 radical (unpaired) electrons. The number of hydrogen-bond acceptors (Lipinski definition) is 2. The van der Waals surface area contributed by atoms with Gasteiger partial charge in [0.15, 0.2) is 31.9 Å². The van der Waals surface area contributed by atoms with E-state index >= 15 is 0 Å². The van der Waals surface area contributed by atoms with E-state index in [0.29, 0.717) is 0 Å². The van der Waals surface area contributed by atoms with Gasteiger partial charge in [-0.2, -0.15) is 0 Å². The van der Waals surface area contributed by atoms with E-state index in [2.05, 4.69) is 30.8 Å². The second-order valence-electron chi connectivity index (χ2n) is 7.81. The number of fused-ring (bicyclic) bond motifs is 2. The van der Waals surface area contributed by atoms with Crippen molar-refractivity contribution in [2.45, 2.75) is 51.8 Å². The summed E-state index contributed by atoms with van der Waals surface area (Å²) in [6.45, 7) is 3.99. The second kappa shape index (κ2) is 7.93. The van der Waals surface area contributed by atoms with Crippen LogP contribution in [0, 0.1) is 5.82 Å². The number of halogens is 1. The van der Waals surface area contributed by atoms with Gasteiger partial charge in [-0.3, -0.25) is 0 Å². The highest BCUT2D eigenvalue weighted by molar-refractivity contribution is 7.97.